The van der Waals surface area contributed by atoms with Crippen molar-refractivity contribution in [3.8, 4) is 6.07 Å². The van der Waals surface area contributed by atoms with Crippen LogP contribution in [0, 0.1) is 11.3 Å². The van der Waals surface area contributed by atoms with Crippen LogP contribution < -0.4 is 20.9 Å². The van der Waals surface area contributed by atoms with Gasteiger partial charge in [0.15, 0.2) is 23.1 Å². The first-order chi connectivity index (χ1) is 17.7. The summed E-state index contributed by atoms with van der Waals surface area (Å²) in [6, 6.07) is 2.06. The molecule has 0 aliphatic carbocycles. The van der Waals surface area contributed by atoms with Gasteiger partial charge in [0, 0.05) is 39.4 Å². The number of nitriles is 1. The number of aliphatic imine (C=N–C) groups is 1. The molecular weight excluding hydrogens is 464 g/mol. The van der Waals surface area contributed by atoms with E-state index < -0.39 is 0 Å². The van der Waals surface area contributed by atoms with Gasteiger partial charge in [-0.3, -0.25) is 0 Å². The van der Waals surface area contributed by atoms with Crippen molar-refractivity contribution in [1.82, 2.24) is 19.7 Å². The highest BCUT2D eigenvalue weighted by atomic mass is 16.5. The molecule has 0 saturated carbocycles. The molecule has 0 bridgehead atoms. The molecule has 0 radical (unpaired) electrons. The van der Waals surface area contributed by atoms with E-state index in [1.54, 1.807) is 19.2 Å². The van der Waals surface area contributed by atoms with Crippen LogP contribution in [0.5, 0.6) is 0 Å². The molecule has 2 aromatic heterocycles. The topological polar surface area (TPSA) is 167 Å². The predicted molar refractivity (Wildman–Crippen MR) is 135 cm³/mol. The fourth-order valence-electron chi connectivity index (χ4n) is 3.62. The number of allylic oxidation sites excluding steroid dienone is 2. The average molecular weight is 493 g/mol. The Hall–Kier alpha value is -4.35. The lowest BCUT2D eigenvalue weighted by atomic mass is 10.3. The highest BCUT2D eigenvalue weighted by Crippen LogP contribution is 2.37. The molecule has 4 heterocycles. The highest BCUT2D eigenvalue weighted by Gasteiger charge is 2.25. The SMILES string of the molecule is C=C/C=C\N=C(N)n1ncc(C#N)c1N=Nc1c(NC)nc(N2CCOCC2)nc1N1CCOCC1. The predicted octanol–water partition coefficient (Wildman–Crippen LogP) is 1.54. The number of aromatic nitrogens is 4. The molecule has 0 atom stereocenters. The molecule has 0 aromatic carbocycles. The number of hydrogen-bond acceptors (Lipinski definition) is 12. The maximum Gasteiger partial charge on any atom is 0.229 e. The van der Waals surface area contributed by atoms with Crippen molar-refractivity contribution in [2.45, 2.75) is 0 Å². The van der Waals surface area contributed by atoms with Crippen molar-refractivity contribution in [2.24, 2.45) is 21.0 Å². The normalized spacial score (nSPS) is 17.1. The van der Waals surface area contributed by atoms with Crippen LogP contribution >= 0.6 is 0 Å². The van der Waals surface area contributed by atoms with E-state index in [0.717, 1.165) is 0 Å². The monoisotopic (exact) mass is 492 g/mol. The van der Waals surface area contributed by atoms with Gasteiger partial charge in [-0.05, 0) is 6.08 Å². The number of azo groups is 1. The van der Waals surface area contributed by atoms with Crippen LogP contribution in [-0.2, 0) is 9.47 Å². The second-order valence-electron chi connectivity index (χ2n) is 7.66. The van der Waals surface area contributed by atoms with E-state index in [-0.39, 0.29) is 17.3 Å². The molecule has 4 rings (SSSR count). The highest BCUT2D eigenvalue weighted by molar-refractivity contribution is 5.84. The third kappa shape index (κ3) is 5.48. The van der Waals surface area contributed by atoms with Crippen LogP contribution in [-0.4, -0.2) is 85.4 Å². The first-order valence-electron chi connectivity index (χ1n) is 11.4. The van der Waals surface area contributed by atoms with E-state index in [0.29, 0.717) is 75.9 Å². The number of rotatable bonds is 7. The average Bonchev–Trinajstić information content (AvgIpc) is 3.35. The Balaban J connectivity index is 1.78. The van der Waals surface area contributed by atoms with Crippen LogP contribution in [0.15, 0.2) is 46.3 Å². The lowest BCUT2D eigenvalue weighted by Crippen LogP contribution is -2.39. The summed E-state index contributed by atoms with van der Waals surface area (Å²) in [4.78, 5) is 17.8. The standard InChI is InChI=1S/C22H28N12O2/c1-3-4-5-26-21(24)34-19(16(14-23)15-27-34)31-30-17-18(25-2)28-22(33-8-12-36-13-9-33)29-20(17)32-6-10-35-11-7-32/h3-5,15H,1,6-13H2,2H3,(H2,24,26)(H,25,28,29)/b5-4-,31-30?. The Morgan fingerprint density at radius 1 is 1.14 bits per heavy atom. The smallest absolute Gasteiger partial charge is 0.229 e. The molecule has 0 amide bonds. The van der Waals surface area contributed by atoms with E-state index in [4.69, 9.17) is 25.2 Å². The largest absolute Gasteiger partial charge is 0.378 e. The Kier molecular flexibility index (Phi) is 8.16. The van der Waals surface area contributed by atoms with Crippen molar-refractivity contribution in [1.29, 1.82) is 5.26 Å². The minimum Gasteiger partial charge on any atom is -0.378 e. The zero-order chi connectivity index (χ0) is 25.3. The maximum atomic E-state index is 9.58. The Bertz CT molecular complexity index is 1200. The quantitative estimate of drug-likeness (QED) is 0.250. The lowest BCUT2D eigenvalue weighted by molar-refractivity contribution is 0.121. The molecule has 2 aliphatic heterocycles. The van der Waals surface area contributed by atoms with Gasteiger partial charge in [-0.25, -0.2) is 4.99 Å². The number of nitrogens with zero attached hydrogens (tertiary/aromatic N) is 10. The minimum atomic E-state index is 0.0182. The maximum absolute atomic E-state index is 9.58. The van der Waals surface area contributed by atoms with Crippen molar-refractivity contribution in [3.05, 3.63) is 36.7 Å². The Morgan fingerprint density at radius 3 is 2.47 bits per heavy atom. The summed E-state index contributed by atoms with van der Waals surface area (Å²) < 4.78 is 12.2. The third-order valence-electron chi connectivity index (χ3n) is 5.45. The summed E-state index contributed by atoms with van der Waals surface area (Å²) in [7, 11) is 1.76. The first-order valence-corrected chi connectivity index (χ1v) is 11.4. The van der Waals surface area contributed by atoms with Crippen molar-refractivity contribution < 1.29 is 9.47 Å². The molecule has 3 N–H and O–H groups in total. The molecule has 0 spiro atoms. The van der Waals surface area contributed by atoms with Crippen molar-refractivity contribution in [3.63, 3.8) is 0 Å². The summed E-state index contributed by atoms with van der Waals surface area (Å²) in [5.41, 5.74) is 6.67. The minimum absolute atomic E-state index is 0.0182. The van der Waals surface area contributed by atoms with E-state index in [2.05, 4.69) is 48.1 Å². The van der Waals surface area contributed by atoms with E-state index in [9.17, 15) is 5.26 Å². The van der Waals surface area contributed by atoms with Gasteiger partial charge in [-0.2, -0.15) is 25.0 Å². The van der Waals surface area contributed by atoms with Crippen LogP contribution in [0.2, 0.25) is 0 Å². The zero-order valence-electron chi connectivity index (χ0n) is 20.0. The number of nitrogens with one attached hydrogen (secondary N) is 1. The van der Waals surface area contributed by atoms with Crippen LogP contribution in [0.25, 0.3) is 0 Å². The van der Waals surface area contributed by atoms with Gasteiger partial charge in [-0.15, -0.1) is 10.2 Å². The third-order valence-corrected chi connectivity index (χ3v) is 5.45. The van der Waals surface area contributed by atoms with Gasteiger partial charge < -0.3 is 30.3 Å². The van der Waals surface area contributed by atoms with Gasteiger partial charge in [0.2, 0.25) is 11.9 Å². The molecule has 2 aromatic rings. The molecule has 14 heteroatoms. The van der Waals surface area contributed by atoms with Crippen LogP contribution in [0.3, 0.4) is 0 Å². The fraction of sp³-hybridized carbons (Fsp3) is 0.409. The second kappa shape index (κ2) is 11.9. The molecule has 36 heavy (non-hydrogen) atoms. The van der Waals surface area contributed by atoms with E-state index >= 15 is 0 Å². The molecular formula is C22H28N12O2. The van der Waals surface area contributed by atoms with Crippen LogP contribution in [0.1, 0.15) is 5.56 Å². The van der Waals surface area contributed by atoms with Gasteiger partial charge >= 0.3 is 0 Å². The van der Waals surface area contributed by atoms with Crippen molar-refractivity contribution >= 4 is 35.0 Å². The fourth-order valence-corrected chi connectivity index (χ4v) is 3.62. The molecule has 2 fully saturated rings. The van der Waals surface area contributed by atoms with Gasteiger partial charge in [0.05, 0.1) is 32.6 Å². The molecule has 2 saturated heterocycles. The summed E-state index contributed by atoms with van der Waals surface area (Å²) in [5, 5.41) is 25.7. The van der Waals surface area contributed by atoms with E-state index in [1.165, 1.54) is 17.1 Å². The van der Waals surface area contributed by atoms with Crippen LogP contribution in [0.4, 0.5) is 29.1 Å². The number of morpholine rings is 2. The summed E-state index contributed by atoms with van der Waals surface area (Å²) in [5.74, 6) is 1.85. The first kappa shape index (κ1) is 24.8. The Morgan fingerprint density at radius 2 is 1.83 bits per heavy atom. The number of nitrogens with two attached hydrogens (primary N) is 1. The lowest BCUT2D eigenvalue weighted by Gasteiger charge is -2.31. The molecule has 0 unspecified atom stereocenters. The van der Waals surface area contributed by atoms with Gasteiger partial charge in [0.1, 0.15) is 11.6 Å². The number of anilines is 3. The van der Waals surface area contributed by atoms with Crippen molar-refractivity contribution in [2.75, 3.05) is 74.8 Å². The van der Waals surface area contributed by atoms with Gasteiger partial charge in [-0.1, -0.05) is 12.7 Å². The second-order valence-corrected chi connectivity index (χ2v) is 7.66. The van der Waals surface area contributed by atoms with E-state index in [1.807, 2.05) is 0 Å². The summed E-state index contributed by atoms with van der Waals surface area (Å²) >= 11 is 0. The molecule has 14 nitrogen and oxygen atoms in total. The zero-order valence-corrected chi connectivity index (χ0v) is 20.0. The molecule has 188 valence electrons. The summed E-state index contributed by atoms with van der Waals surface area (Å²) in [6.07, 6.45) is 6.00. The number of hydrogen-bond donors (Lipinski definition) is 2. The summed E-state index contributed by atoms with van der Waals surface area (Å²) in [6.45, 7) is 8.61. The Labute approximate surface area is 208 Å². The molecule has 2 aliphatic rings. The van der Waals surface area contributed by atoms with Gasteiger partial charge in [0.25, 0.3) is 0 Å². The number of ether oxygens (including phenoxy) is 2.